The van der Waals surface area contributed by atoms with E-state index in [-0.39, 0.29) is 18.7 Å². The lowest BCUT2D eigenvalue weighted by Crippen LogP contribution is -2.27. The minimum absolute atomic E-state index is 0.0449. The quantitative estimate of drug-likeness (QED) is 0.367. The molecular formula is C23H25ClN6O. The van der Waals surface area contributed by atoms with E-state index in [0.29, 0.717) is 34.4 Å². The van der Waals surface area contributed by atoms with Crippen LogP contribution in [0.4, 0.5) is 17.5 Å². The minimum atomic E-state index is -0.228. The molecule has 2 heterocycles. The molecule has 2 aromatic heterocycles. The zero-order valence-corrected chi connectivity index (χ0v) is 18.2. The Morgan fingerprint density at radius 1 is 1.06 bits per heavy atom. The number of hydrogen-bond donors (Lipinski definition) is 3. The van der Waals surface area contributed by atoms with Gasteiger partial charge in [0.1, 0.15) is 0 Å². The lowest BCUT2D eigenvalue weighted by molar-refractivity contribution is 0.273. The van der Waals surface area contributed by atoms with Crippen molar-refractivity contribution >= 4 is 40.2 Å². The molecule has 0 unspecified atom stereocenters. The lowest BCUT2D eigenvalue weighted by Gasteiger charge is -2.18. The van der Waals surface area contributed by atoms with Crippen LogP contribution in [0.15, 0.2) is 60.9 Å². The first-order valence-corrected chi connectivity index (χ1v) is 10.6. The summed E-state index contributed by atoms with van der Waals surface area (Å²) in [4.78, 5) is 13.9. The van der Waals surface area contributed by atoms with E-state index in [0.717, 1.165) is 11.3 Å². The number of nitrogens with one attached hydrogen (secondary N) is 2. The molecule has 1 atom stereocenters. The second kappa shape index (κ2) is 9.32. The molecule has 2 aromatic carbocycles. The number of hydrogen-bond acceptors (Lipinski definition) is 6. The molecule has 0 amide bonds. The highest BCUT2D eigenvalue weighted by Crippen LogP contribution is 2.27. The highest BCUT2D eigenvalue weighted by molar-refractivity contribution is 6.30. The Morgan fingerprint density at radius 3 is 2.58 bits per heavy atom. The maximum absolute atomic E-state index is 9.93. The van der Waals surface area contributed by atoms with Gasteiger partial charge in [0.05, 0.1) is 19.0 Å². The topological polar surface area (TPSA) is 87.9 Å². The predicted octanol–water partition coefficient (Wildman–Crippen LogP) is 4.82. The van der Waals surface area contributed by atoms with Crippen LogP contribution in [0.5, 0.6) is 0 Å². The van der Waals surface area contributed by atoms with E-state index in [1.807, 2.05) is 59.2 Å². The fourth-order valence-electron chi connectivity index (χ4n) is 3.39. The van der Waals surface area contributed by atoms with Crippen molar-refractivity contribution in [1.29, 1.82) is 0 Å². The molecule has 160 valence electrons. The van der Waals surface area contributed by atoms with Crippen molar-refractivity contribution in [3.63, 3.8) is 0 Å². The van der Waals surface area contributed by atoms with Gasteiger partial charge in [0.2, 0.25) is 5.95 Å². The van der Waals surface area contributed by atoms with E-state index in [2.05, 4.69) is 34.4 Å². The van der Waals surface area contributed by atoms with E-state index in [1.54, 1.807) is 6.33 Å². The summed E-state index contributed by atoms with van der Waals surface area (Å²) in [6.07, 6.45) is 2.42. The van der Waals surface area contributed by atoms with E-state index >= 15 is 0 Å². The van der Waals surface area contributed by atoms with Gasteiger partial charge in [-0.15, -0.1) is 0 Å². The van der Waals surface area contributed by atoms with Crippen LogP contribution in [0.1, 0.15) is 25.5 Å². The largest absolute Gasteiger partial charge is 0.394 e. The molecule has 31 heavy (non-hydrogen) atoms. The van der Waals surface area contributed by atoms with Gasteiger partial charge in [-0.25, -0.2) is 4.98 Å². The van der Waals surface area contributed by atoms with Gasteiger partial charge in [0.15, 0.2) is 17.0 Å². The van der Waals surface area contributed by atoms with Gasteiger partial charge in [0.25, 0.3) is 0 Å². The Labute approximate surface area is 186 Å². The van der Waals surface area contributed by atoms with Crippen LogP contribution in [0.25, 0.3) is 11.2 Å². The van der Waals surface area contributed by atoms with Gasteiger partial charge in [-0.05, 0) is 44.0 Å². The van der Waals surface area contributed by atoms with Crippen LogP contribution in [0.2, 0.25) is 5.02 Å². The number of aliphatic hydroxyl groups is 1. The number of aromatic nitrogens is 4. The van der Waals surface area contributed by atoms with Gasteiger partial charge in [-0.3, -0.25) is 0 Å². The SMILES string of the molecule is CC(C)n1cnc2c(Nc3cccc(Cl)c3)nc(N[C@@H](CO)Cc3ccccc3)nc21. The summed E-state index contributed by atoms with van der Waals surface area (Å²) in [7, 11) is 0. The van der Waals surface area contributed by atoms with Crippen LogP contribution >= 0.6 is 11.6 Å². The Balaban J connectivity index is 1.69. The molecule has 0 saturated heterocycles. The third-order valence-corrected chi connectivity index (χ3v) is 5.18. The maximum atomic E-state index is 9.93. The van der Waals surface area contributed by atoms with Crippen LogP contribution in [-0.2, 0) is 6.42 Å². The first-order valence-electron chi connectivity index (χ1n) is 10.2. The fourth-order valence-corrected chi connectivity index (χ4v) is 3.58. The number of imidazole rings is 1. The van der Waals surface area contributed by atoms with E-state index in [4.69, 9.17) is 16.6 Å². The molecule has 0 saturated carbocycles. The van der Waals surface area contributed by atoms with Crippen molar-refractivity contribution in [1.82, 2.24) is 19.5 Å². The van der Waals surface area contributed by atoms with Gasteiger partial charge in [-0.1, -0.05) is 48.0 Å². The monoisotopic (exact) mass is 436 g/mol. The maximum Gasteiger partial charge on any atom is 0.227 e. The highest BCUT2D eigenvalue weighted by Gasteiger charge is 2.17. The zero-order chi connectivity index (χ0) is 21.8. The Morgan fingerprint density at radius 2 is 1.87 bits per heavy atom. The molecular weight excluding hydrogens is 412 g/mol. The molecule has 0 fully saturated rings. The second-order valence-corrected chi connectivity index (χ2v) is 8.10. The fraction of sp³-hybridized carbons (Fsp3) is 0.261. The molecule has 0 bridgehead atoms. The first kappa shape index (κ1) is 21.1. The summed E-state index contributed by atoms with van der Waals surface area (Å²) >= 11 is 6.14. The third-order valence-electron chi connectivity index (χ3n) is 4.94. The smallest absolute Gasteiger partial charge is 0.227 e. The van der Waals surface area contributed by atoms with Crippen molar-refractivity contribution in [2.45, 2.75) is 32.4 Å². The Bertz CT molecular complexity index is 1160. The summed E-state index contributed by atoms with van der Waals surface area (Å²) in [5.74, 6) is 1.000. The molecule has 7 nitrogen and oxygen atoms in total. The van der Waals surface area contributed by atoms with Crippen molar-refractivity contribution in [2.24, 2.45) is 0 Å². The molecule has 0 aliphatic carbocycles. The molecule has 0 spiro atoms. The molecule has 4 rings (SSSR count). The van der Waals surface area contributed by atoms with Gasteiger partial charge >= 0.3 is 0 Å². The number of fused-ring (bicyclic) bond motifs is 1. The summed E-state index contributed by atoms with van der Waals surface area (Å²) in [5.41, 5.74) is 3.32. The van der Waals surface area contributed by atoms with Crippen molar-refractivity contribution in [3.8, 4) is 0 Å². The van der Waals surface area contributed by atoms with Crippen LogP contribution < -0.4 is 10.6 Å². The molecule has 4 aromatic rings. The van der Waals surface area contributed by atoms with E-state index in [1.165, 1.54) is 0 Å². The normalized spacial score (nSPS) is 12.3. The van der Waals surface area contributed by atoms with Gasteiger partial charge in [0, 0.05) is 16.8 Å². The minimum Gasteiger partial charge on any atom is -0.394 e. The van der Waals surface area contributed by atoms with Gasteiger partial charge in [-0.2, -0.15) is 9.97 Å². The van der Waals surface area contributed by atoms with E-state index < -0.39 is 0 Å². The number of rotatable bonds is 8. The summed E-state index contributed by atoms with van der Waals surface area (Å²) in [6.45, 7) is 4.11. The summed E-state index contributed by atoms with van der Waals surface area (Å²) < 4.78 is 2.00. The van der Waals surface area contributed by atoms with Crippen molar-refractivity contribution < 1.29 is 5.11 Å². The molecule has 0 aliphatic rings. The second-order valence-electron chi connectivity index (χ2n) is 7.66. The van der Waals surface area contributed by atoms with Crippen LogP contribution in [-0.4, -0.2) is 37.3 Å². The highest BCUT2D eigenvalue weighted by atomic mass is 35.5. The predicted molar refractivity (Wildman–Crippen MR) is 125 cm³/mol. The summed E-state index contributed by atoms with van der Waals surface area (Å²) in [6, 6.07) is 17.4. The molecule has 3 N–H and O–H groups in total. The zero-order valence-electron chi connectivity index (χ0n) is 17.5. The number of aliphatic hydroxyl groups excluding tert-OH is 1. The van der Waals surface area contributed by atoms with Crippen LogP contribution in [0.3, 0.4) is 0 Å². The molecule has 8 heteroatoms. The standard InChI is InChI=1S/C23H25ClN6O/c1-15(2)30-14-25-20-21(26-18-10-6-9-17(24)12-18)28-23(29-22(20)30)27-19(13-31)11-16-7-4-3-5-8-16/h3-10,12,14-15,19,31H,11,13H2,1-2H3,(H2,26,27,28,29)/t19-/m1/s1. The third kappa shape index (κ3) is 4.95. The number of nitrogens with zero attached hydrogens (tertiary/aromatic N) is 4. The molecule has 0 radical (unpaired) electrons. The lowest BCUT2D eigenvalue weighted by atomic mass is 10.1. The van der Waals surface area contributed by atoms with Crippen molar-refractivity contribution in [2.75, 3.05) is 17.2 Å². The Kier molecular flexibility index (Phi) is 6.34. The Hall–Kier alpha value is -3.16. The molecule has 0 aliphatic heterocycles. The summed E-state index contributed by atoms with van der Waals surface area (Å²) in [5, 5.41) is 17.2. The average Bonchev–Trinajstić information content (AvgIpc) is 3.19. The number of halogens is 1. The van der Waals surface area contributed by atoms with Crippen molar-refractivity contribution in [3.05, 3.63) is 71.5 Å². The first-order chi connectivity index (χ1) is 15.0. The van der Waals surface area contributed by atoms with Gasteiger partial charge < -0.3 is 20.3 Å². The number of anilines is 3. The van der Waals surface area contributed by atoms with Crippen LogP contribution in [0, 0.1) is 0 Å². The average molecular weight is 437 g/mol. The van der Waals surface area contributed by atoms with E-state index in [9.17, 15) is 5.11 Å². The number of benzene rings is 2.